The molecule has 7 heteroatoms. The lowest BCUT2D eigenvalue weighted by Gasteiger charge is -2.17. The molecular formula is C22H25N3O4. The standard InChI is InChI=1S/C22H25N3O4/c1-3-24(4-2)15-6-16-28-20-8-5-7-17-9-10-18(23-22(17)20)11-12-19-13-14-21(29-19)25(26)27/h5,7-14H,3-4,6,15-16H2,1-2H3/b12-11+. The second-order valence-corrected chi connectivity index (χ2v) is 6.56. The Morgan fingerprint density at radius 3 is 2.69 bits per heavy atom. The Kier molecular flexibility index (Phi) is 6.97. The molecule has 0 atom stereocenters. The van der Waals surface area contributed by atoms with E-state index in [0.717, 1.165) is 48.4 Å². The number of pyridine rings is 1. The maximum atomic E-state index is 10.7. The second-order valence-electron chi connectivity index (χ2n) is 6.56. The van der Waals surface area contributed by atoms with E-state index in [2.05, 4.69) is 23.7 Å². The van der Waals surface area contributed by atoms with Crippen molar-refractivity contribution in [2.75, 3.05) is 26.2 Å². The Labute approximate surface area is 169 Å². The van der Waals surface area contributed by atoms with Gasteiger partial charge < -0.3 is 14.1 Å². The van der Waals surface area contributed by atoms with Gasteiger partial charge >= 0.3 is 5.88 Å². The highest BCUT2D eigenvalue weighted by Gasteiger charge is 2.10. The summed E-state index contributed by atoms with van der Waals surface area (Å²) in [5, 5.41) is 11.7. The maximum absolute atomic E-state index is 10.7. The third-order valence-corrected chi connectivity index (χ3v) is 4.69. The van der Waals surface area contributed by atoms with Crippen LogP contribution in [0.5, 0.6) is 5.75 Å². The Hall–Kier alpha value is -3.19. The molecule has 0 bridgehead atoms. The van der Waals surface area contributed by atoms with E-state index in [1.54, 1.807) is 18.2 Å². The first kappa shape index (κ1) is 20.5. The summed E-state index contributed by atoms with van der Waals surface area (Å²) in [5.41, 5.74) is 1.51. The molecule has 1 aromatic carbocycles. The number of ether oxygens (including phenoxy) is 1. The fourth-order valence-corrected chi connectivity index (χ4v) is 3.05. The first-order chi connectivity index (χ1) is 14.1. The van der Waals surface area contributed by atoms with E-state index in [0.29, 0.717) is 12.4 Å². The number of para-hydroxylation sites is 1. The van der Waals surface area contributed by atoms with Crippen molar-refractivity contribution in [1.82, 2.24) is 9.88 Å². The van der Waals surface area contributed by atoms with Crippen molar-refractivity contribution >= 4 is 28.9 Å². The molecule has 0 saturated carbocycles. The fourth-order valence-electron chi connectivity index (χ4n) is 3.05. The molecule has 0 N–H and O–H groups in total. The van der Waals surface area contributed by atoms with Crippen LogP contribution in [-0.4, -0.2) is 41.0 Å². The summed E-state index contributed by atoms with van der Waals surface area (Å²) in [7, 11) is 0. The molecule has 152 valence electrons. The summed E-state index contributed by atoms with van der Waals surface area (Å²) < 4.78 is 11.1. The Morgan fingerprint density at radius 2 is 1.97 bits per heavy atom. The lowest BCUT2D eigenvalue weighted by Crippen LogP contribution is -2.25. The number of fused-ring (bicyclic) bond motifs is 1. The molecule has 0 fully saturated rings. The van der Waals surface area contributed by atoms with Crippen molar-refractivity contribution < 1.29 is 14.1 Å². The van der Waals surface area contributed by atoms with E-state index in [1.165, 1.54) is 6.07 Å². The third kappa shape index (κ3) is 5.42. The van der Waals surface area contributed by atoms with Gasteiger partial charge in [0.15, 0.2) is 0 Å². The van der Waals surface area contributed by atoms with Crippen LogP contribution >= 0.6 is 0 Å². The van der Waals surface area contributed by atoms with Crippen molar-refractivity contribution in [3.8, 4) is 5.75 Å². The molecule has 2 aromatic heterocycles. The molecule has 0 saturated heterocycles. The van der Waals surface area contributed by atoms with E-state index in [4.69, 9.17) is 9.15 Å². The molecule has 0 aliphatic heterocycles. The summed E-state index contributed by atoms with van der Waals surface area (Å²) in [6, 6.07) is 12.6. The van der Waals surface area contributed by atoms with Gasteiger partial charge in [-0.3, -0.25) is 10.1 Å². The topological polar surface area (TPSA) is 81.6 Å². The molecule has 2 heterocycles. The van der Waals surface area contributed by atoms with E-state index in [1.807, 2.05) is 30.3 Å². The van der Waals surface area contributed by atoms with Gasteiger partial charge in [-0.15, -0.1) is 0 Å². The second kappa shape index (κ2) is 9.84. The molecule has 3 aromatic rings. The normalized spacial score (nSPS) is 11.6. The first-order valence-electron chi connectivity index (χ1n) is 9.78. The average Bonchev–Trinajstić information content (AvgIpc) is 3.22. The lowest BCUT2D eigenvalue weighted by atomic mass is 10.2. The number of aromatic nitrogens is 1. The van der Waals surface area contributed by atoms with E-state index in [9.17, 15) is 10.1 Å². The number of nitro groups is 1. The Balaban J connectivity index is 1.71. The van der Waals surface area contributed by atoms with Gasteiger partial charge in [0.2, 0.25) is 0 Å². The Morgan fingerprint density at radius 1 is 1.14 bits per heavy atom. The predicted octanol–water partition coefficient (Wildman–Crippen LogP) is 5.02. The quantitative estimate of drug-likeness (QED) is 0.272. The monoisotopic (exact) mass is 395 g/mol. The predicted molar refractivity (Wildman–Crippen MR) is 114 cm³/mol. The summed E-state index contributed by atoms with van der Waals surface area (Å²) in [6.07, 6.45) is 4.38. The number of benzene rings is 1. The molecule has 0 spiro atoms. The van der Waals surface area contributed by atoms with Crippen LogP contribution in [0.2, 0.25) is 0 Å². The summed E-state index contributed by atoms with van der Waals surface area (Å²) in [4.78, 5) is 17.2. The SMILES string of the molecule is CCN(CC)CCCOc1cccc2ccc(/C=C/c3ccc([N+](=O)[O-])o3)nc12. The van der Waals surface area contributed by atoms with Crippen LogP contribution in [0.15, 0.2) is 46.9 Å². The minimum atomic E-state index is -0.560. The lowest BCUT2D eigenvalue weighted by molar-refractivity contribution is -0.402. The van der Waals surface area contributed by atoms with Gasteiger partial charge in [-0.05, 0) is 49.9 Å². The summed E-state index contributed by atoms with van der Waals surface area (Å²) >= 11 is 0. The highest BCUT2D eigenvalue weighted by Crippen LogP contribution is 2.25. The van der Waals surface area contributed by atoms with Crippen molar-refractivity contribution in [2.24, 2.45) is 0 Å². The largest absolute Gasteiger partial charge is 0.491 e. The number of furan rings is 1. The highest BCUT2D eigenvalue weighted by molar-refractivity contribution is 5.86. The zero-order valence-corrected chi connectivity index (χ0v) is 16.7. The van der Waals surface area contributed by atoms with Crippen molar-refractivity contribution in [3.63, 3.8) is 0 Å². The Bertz CT molecular complexity index is 993. The first-order valence-corrected chi connectivity index (χ1v) is 9.78. The number of nitrogens with zero attached hydrogens (tertiary/aromatic N) is 3. The molecule has 0 unspecified atom stereocenters. The van der Waals surface area contributed by atoms with Crippen LogP contribution in [0, 0.1) is 10.1 Å². The van der Waals surface area contributed by atoms with Crippen LogP contribution in [0.3, 0.4) is 0 Å². The van der Waals surface area contributed by atoms with Crippen LogP contribution < -0.4 is 4.74 Å². The van der Waals surface area contributed by atoms with Crippen LogP contribution in [0.4, 0.5) is 5.88 Å². The number of hydrogen-bond donors (Lipinski definition) is 0. The highest BCUT2D eigenvalue weighted by atomic mass is 16.6. The number of rotatable bonds is 10. The van der Waals surface area contributed by atoms with Gasteiger partial charge in [0.05, 0.1) is 18.4 Å². The van der Waals surface area contributed by atoms with E-state index < -0.39 is 4.92 Å². The van der Waals surface area contributed by atoms with Gasteiger partial charge in [0, 0.05) is 11.9 Å². The van der Waals surface area contributed by atoms with Crippen LogP contribution in [0.25, 0.3) is 23.1 Å². The molecule has 0 amide bonds. The van der Waals surface area contributed by atoms with Gasteiger partial charge in [-0.2, -0.15) is 0 Å². The summed E-state index contributed by atoms with van der Waals surface area (Å²) in [6.45, 7) is 8.05. The van der Waals surface area contributed by atoms with Gasteiger partial charge in [0.1, 0.15) is 21.9 Å². The van der Waals surface area contributed by atoms with E-state index in [-0.39, 0.29) is 5.88 Å². The van der Waals surface area contributed by atoms with Gasteiger partial charge in [0.25, 0.3) is 0 Å². The zero-order valence-electron chi connectivity index (χ0n) is 16.7. The molecule has 0 aliphatic rings. The zero-order chi connectivity index (χ0) is 20.6. The smallest absolute Gasteiger partial charge is 0.433 e. The van der Waals surface area contributed by atoms with Gasteiger partial charge in [-0.25, -0.2) is 4.98 Å². The molecular weight excluding hydrogens is 370 g/mol. The van der Waals surface area contributed by atoms with Crippen molar-refractivity contribution in [1.29, 1.82) is 0 Å². The molecule has 7 nitrogen and oxygen atoms in total. The molecule has 0 aliphatic carbocycles. The molecule has 29 heavy (non-hydrogen) atoms. The summed E-state index contributed by atoms with van der Waals surface area (Å²) in [5.74, 6) is 0.877. The van der Waals surface area contributed by atoms with Crippen LogP contribution in [-0.2, 0) is 0 Å². The molecule has 3 rings (SSSR count). The fraction of sp³-hybridized carbons (Fsp3) is 0.318. The minimum absolute atomic E-state index is 0.281. The maximum Gasteiger partial charge on any atom is 0.433 e. The van der Waals surface area contributed by atoms with Crippen LogP contribution in [0.1, 0.15) is 31.7 Å². The average molecular weight is 395 g/mol. The molecule has 0 radical (unpaired) electrons. The van der Waals surface area contributed by atoms with Gasteiger partial charge in [-0.1, -0.05) is 32.0 Å². The van der Waals surface area contributed by atoms with Crippen molar-refractivity contribution in [3.05, 3.63) is 64.0 Å². The minimum Gasteiger partial charge on any atom is -0.491 e. The third-order valence-electron chi connectivity index (χ3n) is 4.69. The van der Waals surface area contributed by atoms with E-state index >= 15 is 0 Å². The van der Waals surface area contributed by atoms with Crippen molar-refractivity contribution in [2.45, 2.75) is 20.3 Å². The number of hydrogen-bond acceptors (Lipinski definition) is 6.